The number of nitrogens with one attached hydrogen (secondary N) is 4. The highest BCUT2D eigenvalue weighted by Crippen LogP contribution is 2.51. The van der Waals surface area contributed by atoms with E-state index in [-0.39, 0.29) is 40.5 Å². The summed E-state index contributed by atoms with van der Waals surface area (Å²) in [6, 6.07) is 56.3. The third-order valence-electron chi connectivity index (χ3n) is 18.9. The van der Waals surface area contributed by atoms with Gasteiger partial charge < -0.3 is 20.9 Å². The summed E-state index contributed by atoms with van der Waals surface area (Å²) < 4.78 is 87.1. The third-order valence-corrected chi connectivity index (χ3v) is 18.9. The standard InChI is InChI=1S/C29H25FN4O2.C28H21F3N4O2.C28H21F2N3O2/c1-17-9-12-19(13-10-17)33-26(35)23-18(2)11-14-21(25(23)30)20-7-5-8-22-24(20)29(3,4)27(36)34(22)28-31-15-6-16-32-28;1-27(2)23-20(12-14-33-24(23)35(26(27)37)19-9-6-13-32-16-19)17-10-11-22(28(29,30)31)21(15-17)25(36)34-18-7-4-3-5-8-18;1-16-9-13-19(14-10-16)31-27(34)21-15-18(12-11-17(21)2)20-5-3-8-24-26(20)32-28(35)33(24)23-7-4-6-22(29)25(23)30/h5-16H,1-4H3,(H,33,35);3-16H,1-2H3,(H,34,36);3-15H,1-2H3,(H,31,34)(H,32,35). The summed E-state index contributed by atoms with van der Waals surface area (Å²) in [7, 11) is 0. The Morgan fingerprint density at radius 3 is 1.71 bits per heavy atom. The number of amides is 5. The maximum Gasteiger partial charge on any atom is 0.417 e. The number of pyridine rings is 2. The molecule has 4 aromatic heterocycles. The van der Waals surface area contributed by atoms with Crippen molar-refractivity contribution in [3.8, 4) is 39.1 Å². The van der Waals surface area contributed by atoms with Crippen molar-refractivity contribution in [1.29, 1.82) is 0 Å². The van der Waals surface area contributed by atoms with Crippen molar-refractivity contribution in [3.63, 3.8) is 0 Å². The molecule has 0 saturated carbocycles. The Balaban J connectivity index is 0.000000143. The molecule has 17 nitrogen and oxygen atoms in total. The van der Waals surface area contributed by atoms with Gasteiger partial charge in [0, 0.05) is 64.1 Å². The molecular weight excluding hydrogens is 1380 g/mol. The second kappa shape index (κ2) is 29.2. The summed E-state index contributed by atoms with van der Waals surface area (Å²) >= 11 is 0. The van der Waals surface area contributed by atoms with Crippen LogP contribution in [-0.4, -0.2) is 59.0 Å². The van der Waals surface area contributed by atoms with Crippen LogP contribution < -0.4 is 31.4 Å². The number of para-hydroxylation sites is 2. The Morgan fingerprint density at radius 1 is 0.472 bits per heavy atom. The van der Waals surface area contributed by atoms with E-state index in [1.165, 1.54) is 40.3 Å². The summed E-state index contributed by atoms with van der Waals surface area (Å²) in [6.07, 6.45) is 3.03. The predicted molar refractivity (Wildman–Crippen MR) is 405 cm³/mol. The minimum absolute atomic E-state index is 0.0314. The average Bonchev–Trinajstić information content (AvgIpc) is 1.57. The van der Waals surface area contributed by atoms with Crippen molar-refractivity contribution in [3.05, 3.63) is 321 Å². The van der Waals surface area contributed by atoms with Crippen molar-refractivity contribution in [2.45, 2.75) is 72.4 Å². The summed E-state index contributed by atoms with van der Waals surface area (Å²) in [6.45, 7) is 14.6. The van der Waals surface area contributed by atoms with Crippen LogP contribution in [0.15, 0.2) is 242 Å². The van der Waals surface area contributed by atoms with Crippen molar-refractivity contribution in [2.24, 2.45) is 0 Å². The number of anilines is 7. The molecule has 540 valence electrons. The second-order valence-electron chi connectivity index (χ2n) is 27.0. The molecule has 2 aliphatic rings. The minimum Gasteiger partial charge on any atom is -0.322 e. The van der Waals surface area contributed by atoms with Gasteiger partial charge in [-0.15, -0.1) is 0 Å². The van der Waals surface area contributed by atoms with E-state index in [1.807, 2.05) is 69.3 Å². The number of hydrogen-bond donors (Lipinski definition) is 4. The van der Waals surface area contributed by atoms with Gasteiger partial charge in [-0.1, -0.05) is 114 Å². The number of aromatic nitrogens is 6. The number of fused-ring (bicyclic) bond motifs is 3. The van der Waals surface area contributed by atoms with Crippen molar-refractivity contribution in [1.82, 2.24) is 29.5 Å². The summed E-state index contributed by atoms with van der Waals surface area (Å²) in [4.78, 5) is 102. The van der Waals surface area contributed by atoms with Gasteiger partial charge in [-0.2, -0.15) is 13.2 Å². The number of alkyl halides is 3. The molecule has 9 aromatic carbocycles. The molecule has 0 bridgehead atoms. The molecule has 2 aliphatic heterocycles. The molecule has 0 spiro atoms. The van der Waals surface area contributed by atoms with Crippen LogP contribution in [0.3, 0.4) is 0 Å². The number of imidazole rings is 1. The Morgan fingerprint density at radius 2 is 1.05 bits per heavy atom. The lowest BCUT2D eigenvalue weighted by molar-refractivity contribution is -0.138. The molecule has 0 aliphatic carbocycles. The van der Waals surface area contributed by atoms with Crippen LogP contribution in [0, 0.1) is 45.1 Å². The van der Waals surface area contributed by atoms with Crippen LogP contribution in [0.4, 0.5) is 66.5 Å². The molecule has 0 unspecified atom stereocenters. The minimum atomic E-state index is -4.74. The quantitative estimate of drug-likeness (QED) is 0.0848. The lowest BCUT2D eigenvalue weighted by atomic mass is 9.80. The van der Waals surface area contributed by atoms with Crippen LogP contribution in [0.1, 0.15) is 97.7 Å². The highest BCUT2D eigenvalue weighted by molar-refractivity contribution is 6.15. The number of halogens is 6. The molecule has 5 amide bonds. The molecule has 13 aromatic rings. The second-order valence-corrected chi connectivity index (χ2v) is 27.0. The molecule has 0 atom stereocenters. The van der Waals surface area contributed by atoms with E-state index in [9.17, 15) is 50.7 Å². The van der Waals surface area contributed by atoms with Crippen molar-refractivity contribution >= 4 is 80.8 Å². The number of H-pyrrole nitrogens is 1. The Labute approximate surface area is 615 Å². The van der Waals surface area contributed by atoms with E-state index < -0.39 is 63.1 Å². The fourth-order valence-electron chi connectivity index (χ4n) is 13.4. The molecule has 0 saturated heterocycles. The zero-order chi connectivity index (χ0) is 76.7. The first-order valence-corrected chi connectivity index (χ1v) is 34.0. The van der Waals surface area contributed by atoms with Gasteiger partial charge in [-0.25, -0.2) is 37.8 Å². The summed E-state index contributed by atoms with van der Waals surface area (Å²) in [5, 5.41) is 8.24. The van der Waals surface area contributed by atoms with E-state index in [0.29, 0.717) is 95.4 Å². The van der Waals surface area contributed by atoms with E-state index in [4.69, 9.17) is 0 Å². The average molecular weight is 1450 g/mol. The smallest absolute Gasteiger partial charge is 0.322 e. The summed E-state index contributed by atoms with van der Waals surface area (Å²) in [5.41, 5.74) is 7.40. The van der Waals surface area contributed by atoms with Crippen LogP contribution in [0.5, 0.6) is 0 Å². The first-order valence-electron chi connectivity index (χ1n) is 34.0. The number of hydrogen-bond acceptors (Lipinski definition) is 10. The van der Waals surface area contributed by atoms with Gasteiger partial charge in [0.2, 0.25) is 17.8 Å². The van der Waals surface area contributed by atoms with Crippen molar-refractivity contribution in [2.75, 3.05) is 25.8 Å². The largest absolute Gasteiger partial charge is 0.417 e. The fourth-order valence-corrected chi connectivity index (χ4v) is 13.4. The van der Waals surface area contributed by atoms with Crippen LogP contribution in [-0.2, 0) is 26.6 Å². The monoisotopic (exact) mass is 1450 g/mol. The van der Waals surface area contributed by atoms with Crippen LogP contribution in [0.25, 0.3) is 50.1 Å². The number of nitrogens with zero attached hydrogens (tertiary/aromatic N) is 7. The van der Waals surface area contributed by atoms with Gasteiger partial charge in [0.1, 0.15) is 11.6 Å². The van der Waals surface area contributed by atoms with Crippen LogP contribution >= 0.6 is 0 Å². The summed E-state index contributed by atoms with van der Waals surface area (Å²) in [5.74, 6) is -4.28. The Kier molecular flexibility index (Phi) is 19.7. The third kappa shape index (κ3) is 14.0. The number of benzene rings is 9. The molecule has 6 heterocycles. The first-order chi connectivity index (χ1) is 51.6. The maximum atomic E-state index is 16.1. The fraction of sp³-hybridized carbons (Fsp3) is 0.129. The Bertz CT molecular complexity index is 5770. The van der Waals surface area contributed by atoms with Gasteiger partial charge in [0.25, 0.3) is 17.7 Å². The molecule has 0 fully saturated rings. The normalized spacial score (nSPS) is 13.2. The number of carbonyl (C=O) groups is 5. The molecule has 0 radical (unpaired) electrons. The first kappa shape index (κ1) is 72.9. The topological polar surface area (TPSA) is 217 Å². The molecular formula is C85H67F6N11O6. The highest BCUT2D eigenvalue weighted by Gasteiger charge is 2.49. The lowest BCUT2D eigenvalue weighted by Crippen LogP contribution is -2.34. The van der Waals surface area contributed by atoms with Gasteiger partial charge in [-0.05, 0) is 197 Å². The lowest BCUT2D eigenvalue weighted by Gasteiger charge is -2.20. The number of aryl methyl sites for hydroxylation is 4. The van der Waals surface area contributed by atoms with E-state index >= 15 is 4.39 Å². The maximum absolute atomic E-state index is 16.1. The molecule has 108 heavy (non-hydrogen) atoms. The van der Waals surface area contributed by atoms with E-state index in [1.54, 1.807) is 181 Å². The van der Waals surface area contributed by atoms with E-state index in [0.717, 1.165) is 33.4 Å². The van der Waals surface area contributed by atoms with Gasteiger partial charge in [0.05, 0.1) is 61.8 Å². The molecule has 4 N–H and O–H groups in total. The highest BCUT2D eigenvalue weighted by atomic mass is 19.4. The van der Waals surface area contributed by atoms with Gasteiger partial charge in [0.15, 0.2) is 11.6 Å². The zero-order valence-electron chi connectivity index (χ0n) is 59.4. The molecule has 23 heteroatoms. The van der Waals surface area contributed by atoms with Crippen LogP contribution in [0.2, 0.25) is 0 Å². The number of aromatic amines is 1. The molecule has 15 rings (SSSR count). The van der Waals surface area contributed by atoms with Gasteiger partial charge in [-0.3, -0.25) is 38.4 Å². The van der Waals surface area contributed by atoms with Crippen molar-refractivity contribution < 1.29 is 50.3 Å². The predicted octanol–water partition coefficient (Wildman–Crippen LogP) is 18.6. The number of rotatable bonds is 12. The Hall–Kier alpha value is -13.4. The SMILES string of the molecule is CC1(C)C(=O)N(c2cccnc2)c2nccc(-c3ccc(C(F)(F)F)c(C(=O)Nc4ccccc4)c3)c21.Cc1ccc(NC(=O)c2c(C)ccc(-c3cccc4c3C(C)(C)C(=O)N4c3ncccn3)c2F)cc1.Cc1ccc(NC(=O)c2cc(-c3cccc4c3[nH]c(=O)n4-c3cccc(F)c3F)ccc2C)cc1. The van der Waals surface area contributed by atoms with Gasteiger partial charge >= 0.3 is 11.9 Å². The zero-order valence-corrected chi connectivity index (χ0v) is 59.4. The number of carbonyl (C=O) groups excluding carboxylic acids is 5. The van der Waals surface area contributed by atoms with E-state index in [2.05, 4.69) is 40.9 Å².